The van der Waals surface area contributed by atoms with Gasteiger partial charge in [-0.1, -0.05) is 0 Å². The Balaban J connectivity index is 1.70. The van der Waals surface area contributed by atoms with Crippen LogP contribution < -0.4 is 5.32 Å². The van der Waals surface area contributed by atoms with Crippen LogP contribution in [0.1, 0.15) is 25.7 Å². The SMILES string of the molecule is O=C1CC(C(=O)N2CCO[C@H]3CCC[C@H]32)CN1. The number of amides is 2. The van der Waals surface area contributed by atoms with Crippen LogP contribution in [-0.2, 0) is 14.3 Å². The fourth-order valence-electron chi connectivity index (χ4n) is 3.21. The van der Waals surface area contributed by atoms with Crippen molar-refractivity contribution >= 4 is 11.8 Å². The third-order valence-corrected chi connectivity index (χ3v) is 4.09. The van der Waals surface area contributed by atoms with Gasteiger partial charge in [-0.2, -0.15) is 0 Å². The van der Waals surface area contributed by atoms with E-state index in [4.69, 9.17) is 4.74 Å². The number of hydrogen-bond donors (Lipinski definition) is 1. The summed E-state index contributed by atoms with van der Waals surface area (Å²) in [5, 5.41) is 2.73. The van der Waals surface area contributed by atoms with Crippen molar-refractivity contribution < 1.29 is 14.3 Å². The van der Waals surface area contributed by atoms with Crippen LogP contribution in [0.2, 0.25) is 0 Å². The standard InChI is InChI=1S/C12H18N2O3/c15-11-6-8(7-13-11)12(16)14-4-5-17-10-3-1-2-9(10)14/h8-10H,1-7H2,(H,13,15)/t8?,9-,10+/m1/s1. The number of nitrogens with one attached hydrogen (secondary N) is 1. The molecule has 3 aliphatic rings. The highest BCUT2D eigenvalue weighted by Gasteiger charge is 2.41. The third kappa shape index (κ3) is 1.92. The predicted molar refractivity (Wildman–Crippen MR) is 60.2 cm³/mol. The van der Waals surface area contributed by atoms with Gasteiger partial charge in [-0.3, -0.25) is 9.59 Å². The molecule has 3 fully saturated rings. The molecule has 1 unspecified atom stereocenters. The van der Waals surface area contributed by atoms with Crippen molar-refractivity contribution in [3.8, 4) is 0 Å². The fourth-order valence-corrected chi connectivity index (χ4v) is 3.21. The lowest BCUT2D eigenvalue weighted by atomic mass is 10.0. The van der Waals surface area contributed by atoms with Crippen molar-refractivity contribution in [1.82, 2.24) is 10.2 Å². The molecule has 1 saturated carbocycles. The number of morpholine rings is 1. The van der Waals surface area contributed by atoms with E-state index in [1.807, 2.05) is 4.90 Å². The number of carbonyl (C=O) groups is 2. The van der Waals surface area contributed by atoms with Gasteiger partial charge in [-0.05, 0) is 19.3 Å². The van der Waals surface area contributed by atoms with Gasteiger partial charge in [0.1, 0.15) is 0 Å². The maximum Gasteiger partial charge on any atom is 0.228 e. The third-order valence-electron chi connectivity index (χ3n) is 4.09. The molecule has 2 amide bonds. The van der Waals surface area contributed by atoms with E-state index in [2.05, 4.69) is 5.32 Å². The number of hydrogen-bond acceptors (Lipinski definition) is 3. The maximum absolute atomic E-state index is 12.4. The minimum Gasteiger partial charge on any atom is -0.374 e. The van der Waals surface area contributed by atoms with Crippen molar-refractivity contribution in [2.75, 3.05) is 19.7 Å². The fraction of sp³-hybridized carbons (Fsp3) is 0.833. The molecule has 0 aromatic carbocycles. The van der Waals surface area contributed by atoms with Crippen LogP contribution in [0.25, 0.3) is 0 Å². The van der Waals surface area contributed by atoms with Crippen molar-refractivity contribution in [2.24, 2.45) is 5.92 Å². The zero-order valence-electron chi connectivity index (χ0n) is 9.85. The minimum atomic E-state index is -0.151. The van der Waals surface area contributed by atoms with E-state index in [1.165, 1.54) is 0 Å². The summed E-state index contributed by atoms with van der Waals surface area (Å²) in [5.41, 5.74) is 0. The maximum atomic E-state index is 12.4. The number of rotatable bonds is 1. The van der Waals surface area contributed by atoms with E-state index in [0.29, 0.717) is 26.1 Å². The molecule has 3 atom stereocenters. The van der Waals surface area contributed by atoms with E-state index < -0.39 is 0 Å². The first kappa shape index (κ1) is 11.0. The van der Waals surface area contributed by atoms with Crippen LogP contribution in [0, 0.1) is 5.92 Å². The van der Waals surface area contributed by atoms with Gasteiger partial charge < -0.3 is 15.0 Å². The molecule has 0 bridgehead atoms. The molecule has 17 heavy (non-hydrogen) atoms. The minimum absolute atomic E-state index is 0.000388. The summed E-state index contributed by atoms with van der Waals surface area (Å²) in [5.74, 6) is -0.00928. The molecule has 3 rings (SSSR count). The van der Waals surface area contributed by atoms with Crippen LogP contribution >= 0.6 is 0 Å². The lowest BCUT2D eigenvalue weighted by molar-refractivity contribution is -0.148. The second kappa shape index (κ2) is 4.29. The van der Waals surface area contributed by atoms with E-state index in [9.17, 15) is 9.59 Å². The molecular weight excluding hydrogens is 220 g/mol. The average Bonchev–Trinajstić information content (AvgIpc) is 2.95. The van der Waals surface area contributed by atoms with Crippen molar-refractivity contribution in [2.45, 2.75) is 37.8 Å². The van der Waals surface area contributed by atoms with Crippen LogP contribution in [0.5, 0.6) is 0 Å². The highest BCUT2D eigenvalue weighted by atomic mass is 16.5. The van der Waals surface area contributed by atoms with Crippen molar-refractivity contribution in [3.63, 3.8) is 0 Å². The van der Waals surface area contributed by atoms with E-state index in [0.717, 1.165) is 19.3 Å². The Bertz CT molecular complexity index is 345. The Morgan fingerprint density at radius 3 is 3.06 bits per heavy atom. The highest BCUT2D eigenvalue weighted by molar-refractivity contribution is 5.89. The smallest absolute Gasteiger partial charge is 0.228 e. The molecule has 0 spiro atoms. The molecule has 0 aromatic heterocycles. The van der Waals surface area contributed by atoms with Crippen LogP contribution in [-0.4, -0.2) is 48.6 Å². The molecule has 5 heteroatoms. The van der Waals surface area contributed by atoms with Gasteiger partial charge in [0.15, 0.2) is 0 Å². The van der Waals surface area contributed by atoms with Gasteiger partial charge >= 0.3 is 0 Å². The average molecular weight is 238 g/mol. The summed E-state index contributed by atoms with van der Waals surface area (Å²) in [4.78, 5) is 25.5. The first-order valence-corrected chi connectivity index (χ1v) is 6.44. The van der Waals surface area contributed by atoms with E-state index in [1.54, 1.807) is 0 Å². The summed E-state index contributed by atoms with van der Waals surface area (Å²) in [7, 11) is 0. The first-order valence-electron chi connectivity index (χ1n) is 6.44. The zero-order chi connectivity index (χ0) is 11.8. The molecule has 0 radical (unpaired) electrons. The molecule has 2 saturated heterocycles. The molecule has 1 aliphatic carbocycles. The summed E-state index contributed by atoms with van der Waals surface area (Å²) < 4.78 is 5.69. The Labute approximate surface area is 100 Å². The Kier molecular flexibility index (Phi) is 2.78. The van der Waals surface area contributed by atoms with Gasteiger partial charge in [0.05, 0.1) is 24.7 Å². The molecule has 0 aromatic rings. The Morgan fingerprint density at radius 2 is 2.29 bits per heavy atom. The van der Waals surface area contributed by atoms with Gasteiger partial charge in [0.25, 0.3) is 0 Å². The van der Waals surface area contributed by atoms with Crippen molar-refractivity contribution in [3.05, 3.63) is 0 Å². The number of ether oxygens (including phenoxy) is 1. The lowest BCUT2D eigenvalue weighted by Crippen LogP contribution is -2.53. The second-order valence-corrected chi connectivity index (χ2v) is 5.14. The molecule has 2 heterocycles. The summed E-state index contributed by atoms with van der Waals surface area (Å²) in [6.45, 7) is 1.83. The first-order chi connectivity index (χ1) is 8.25. The zero-order valence-corrected chi connectivity index (χ0v) is 9.85. The summed E-state index contributed by atoms with van der Waals surface area (Å²) in [6, 6.07) is 0.256. The van der Waals surface area contributed by atoms with Gasteiger partial charge in [-0.25, -0.2) is 0 Å². The highest BCUT2D eigenvalue weighted by Crippen LogP contribution is 2.31. The largest absolute Gasteiger partial charge is 0.374 e. The molecule has 5 nitrogen and oxygen atoms in total. The number of carbonyl (C=O) groups excluding carboxylic acids is 2. The van der Waals surface area contributed by atoms with Crippen LogP contribution in [0.3, 0.4) is 0 Å². The summed E-state index contributed by atoms with van der Waals surface area (Å²) in [6.07, 6.45) is 3.84. The second-order valence-electron chi connectivity index (χ2n) is 5.14. The molecular formula is C12H18N2O3. The van der Waals surface area contributed by atoms with E-state index >= 15 is 0 Å². The van der Waals surface area contributed by atoms with Gasteiger partial charge in [0.2, 0.25) is 11.8 Å². The Hall–Kier alpha value is -1.10. The Morgan fingerprint density at radius 1 is 1.41 bits per heavy atom. The van der Waals surface area contributed by atoms with Crippen molar-refractivity contribution in [1.29, 1.82) is 0 Å². The topological polar surface area (TPSA) is 58.6 Å². The normalized spacial score (nSPS) is 36.8. The van der Waals surface area contributed by atoms with Gasteiger partial charge in [0, 0.05) is 19.5 Å². The quantitative estimate of drug-likeness (QED) is 0.694. The van der Waals surface area contributed by atoms with Crippen LogP contribution in [0.4, 0.5) is 0 Å². The lowest BCUT2D eigenvalue weighted by Gasteiger charge is -2.38. The monoisotopic (exact) mass is 238 g/mol. The number of nitrogens with zero attached hydrogens (tertiary/aromatic N) is 1. The molecule has 2 aliphatic heterocycles. The summed E-state index contributed by atoms with van der Waals surface area (Å²) >= 11 is 0. The number of fused-ring (bicyclic) bond motifs is 1. The van der Waals surface area contributed by atoms with Gasteiger partial charge in [-0.15, -0.1) is 0 Å². The van der Waals surface area contributed by atoms with Crippen LogP contribution in [0.15, 0.2) is 0 Å². The van der Waals surface area contributed by atoms with E-state index in [-0.39, 0.29) is 29.9 Å². The molecule has 94 valence electrons. The predicted octanol–water partition coefficient (Wildman–Crippen LogP) is -0.0976. The molecule has 1 N–H and O–H groups in total.